The Bertz CT molecular complexity index is 607. The number of hydrogen-bond donors (Lipinski definition) is 1. The van der Waals surface area contributed by atoms with Gasteiger partial charge in [-0.15, -0.1) is 0 Å². The van der Waals surface area contributed by atoms with Crippen LogP contribution in [0.25, 0.3) is 11.2 Å². The van der Waals surface area contributed by atoms with E-state index in [-0.39, 0.29) is 5.69 Å². The third kappa shape index (κ3) is 1.32. The molecule has 0 radical (unpaired) electrons. The van der Waals surface area contributed by atoms with Gasteiger partial charge < -0.3 is 4.98 Å². The van der Waals surface area contributed by atoms with Crippen molar-refractivity contribution in [1.82, 2.24) is 19.1 Å². The number of H-pyrrole nitrogens is 1. The van der Waals surface area contributed by atoms with Crippen molar-refractivity contribution < 1.29 is 0 Å². The van der Waals surface area contributed by atoms with Gasteiger partial charge in [-0.25, -0.2) is 9.78 Å². The van der Waals surface area contributed by atoms with Crippen molar-refractivity contribution in [1.29, 1.82) is 0 Å². The van der Waals surface area contributed by atoms with Gasteiger partial charge in [-0.3, -0.25) is 9.13 Å². The number of fused-ring (bicyclic) bond motifs is 1. The Hall–Kier alpha value is -1.43. The molecule has 0 aromatic carbocycles. The maximum absolute atomic E-state index is 12.0. The van der Waals surface area contributed by atoms with Crippen molar-refractivity contribution in [2.45, 2.75) is 26.9 Å². The van der Waals surface area contributed by atoms with Crippen LogP contribution in [0.15, 0.2) is 11.1 Å². The summed E-state index contributed by atoms with van der Waals surface area (Å²) in [6.07, 6.45) is 1.56. The highest BCUT2D eigenvalue weighted by atomic mass is 32.1. The molecule has 0 spiro atoms. The van der Waals surface area contributed by atoms with E-state index in [0.29, 0.717) is 23.4 Å². The zero-order valence-corrected chi connectivity index (χ0v) is 9.47. The van der Waals surface area contributed by atoms with Crippen LogP contribution < -0.4 is 5.69 Å². The fraction of sp³-hybridized carbons (Fsp3) is 0.444. The summed E-state index contributed by atoms with van der Waals surface area (Å²) in [5, 5.41) is 0. The van der Waals surface area contributed by atoms with Gasteiger partial charge in [0.1, 0.15) is 10.2 Å². The van der Waals surface area contributed by atoms with E-state index in [1.54, 1.807) is 15.5 Å². The number of nitrogens with one attached hydrogen (secondary N) is 1. The first kappa shape index (κ1) is 10.1. The average molecular weight is 224 g/mol. The molecule has 1 N–H and O–H groups in total. The van der Waals surface area contributed by atoms with Crippen molar-refractivity contribution >= 4 is 23.4 Å². The zero-order chi connectivity index (χ0) is 11.0. The molecule has 0 unspecified atom stereocenters. The molecular formula is C9H12N4OS. The molecular weight excluding hydrogens is 212 g/mol. The van der Waals surface area contributed by atoms with E-state index in [1.807, 2.05) is 13.8 Å². The Morgan fingerprint density at radius 3 is 2.67 bits per heavy atom. The quantitative estimate of drug-likeness (QED) is 0.782. The molecule has 6 heteroatoms. The number of aromatic amines is 1. The fourth-order valence-electron chi connectivity index (χ4n) is 1.67. The molecule has 0 amide bonds. The lowest BCUT2D eigenvalue weighted by Crippen LogP contribution is -2.30. The summed E-state index contributed by atoms with van der Waals surface area (Å²) in [6, 6.07) is 0. The molecule has 2 aromatic heterocycles. The molecule has 0 saturated carbocycles. The normalized spacial score (nSPS) is 11.1. The van der Waals surface area contributed by atoms with Gasteiger partial charge in [0.2, 0.25) is 0 Å². The molecule has 0 aliphatic rings. The van der Waals surface area contributed by atoms with Crippen LogP contribution in [0.5, 0.6) is 0 Å². The second-order valence-electron chi connectivity index (χ2n) is 3.18. The number of nitrogens with zero attached hydrogens (tertiary/aromatic N) is 3. The zero-order valence-electron chi connectivity index (χ0n) is 8.65. The molecule has 2 aromatic rings. The average Bonchev–Trinajstić information content (AvgIpc) is 2.68. The smallest absolute Gasteiger partial charge is 0.330 e. The number of aryl methyl sites for hydroxylation is 1. The number of imidazole rings is 1. The minimum Gasteiger partial charge on any atom is -0.341 e. The van der Waals surface area contributed by atoms with Gasteiger partial charge in [-0.1, -0.05) is 12.2 Å². The predicted molar refractivity (Wildman–Crippen MR) is 60.5 cm³/mol. The van der Waals surface area contributed by atoms with Crippen molar-refractivity contribution in [2.75, 3.05) is 0 Å². The standard InChI is InChI=1S/C9H12N4OS/c1-3-12-7-6(10-5-11-7)8(15)13(4-2)9(12)14/h5H,3-4H2,1-2H3,(H,10,11). The van der Waals surface area contributed by atoms with Crippen LogP contribution in [0.1, 0.15) is 13.8 Å². The van der Waals surface area contributed by atoms with E-state index >= 15 is 0 Å². The van der Waals surface area contributed by atoms with Gasteiger partial charge in [-0.05, 0) is 13.8 Å². The van der Waals surface area contributed by atoms with Gasteiger partial charge in [-0.2, -0.15) is 0 Å². The lowest BCUT2D eigenvalue weighted by molar-refractivity contribution is 0.615. The minimum atomic E-state index is -0.0930. The fourth-order valence-corrected chi connectivity index (χ4v) is 2.03. The lowest BCUT2D eigenvalue weighted by atomic mass is 10.5. The molecule has 0 bridgehead atoms. The van der Waals surface area contributed by atoms with E-state index < -0.39 is 0 Å². The van der Waals surface area contributed by atoms with Crippen LogP contribution in [-0.2, 0) is 13.1 Å². The first-order chi connectivity index (χ1) is 7.20. The third-order valence-electron chi connectivity index (χ3n) is 2.43. The monoisotopic (exact) mass is 224 g/mol. The molecule has 0 fully saturated rings. The maximum Gasteiger partial charge on any atom is 0.330 e. The third-order valence-corrected chi connectivity index (χ3v) is 2.85. The van der Waals surface area contributed by atoms with E-state index in [4.69, 9.17) is 12.2 Å². The van der Waals surface area contributed by atoms with E-state index in [1.165, 1.54) is 0 Å². The molecule has 2 heterocycles. The summed E-state index contributed by atoms with van der Waals surface area (Å²) in [7, 11) is 0. The van der Waals surface area contributed by atoms with Gasteiger partial charge in [0, 0.05) is 13.1 Å². The summed E-state index contributed by atoms with van der Waals surface area (Å²) >= 11 is 5.22. The Morgan fingerprint density at radius 1 is 1.40 bits per heavy atom. The predicted octanol–water partition coefficient (Wildman–Crippen LogP) is 1.30. The highest BCUT2D eigenvalue weighted by Crippen LogP contribution is 2.08. The van der Waals surface area contributed by atoms with Crippen molar-refractivity contribution in [3.8, 4) is 0 Å². The van der Waals surface area contributed by atoms with Gasteiger partial charge in [0.15, 0.2) is 5.65 Å². The molecule has 15 heavy (non-hydrogen) atoms. The molecule has 2 rings (SSSR count). The topological polar surface area (TPSA) is 55.6 Å². The molecule has 80 valence electrons. The Morgan fingerprint density at radius 2 is 2.07 bits per heavy atom. The van der Waals surface area contributed by atoms with E-state index in [9.17, 15) is 4.79 Å². The molecule has 0 saturated heterocycles. The van der Waals surface area contributed by atoms with E-state index in [0.717, 1.165) is 5.52 Å². The Balaban J connectivity index is 3.04. The van der Waals surface area contributed by atoms with E-state index in [2.05, 4.69) is 9.97 Å². The largest absolute Gasteiger partial charge is 0.341 e. The van der Waals surface area contributed by atoms with Crippen LogP contribution in [0, 0.1) is 4.64 Å². The second kappa shape index (κ2) is 3.62. The van der Waals surface area contributed by atoms with Crippen LogP contribution in [0.3, 0.4) is 0 Å². The lowest BCUT2D eigenvalue weighted by Gasteiger charge is -2.08. The van der Waals surface area contributed by atoms with Crippen molar-refractivity contribution in [3.63, 3.8) is 0 Å². The summed E-state index contributed by atoms with van der Waals surface area (Å²) in [4.78, 5) is 19.1. The van der Waals surface area contributed by atoms with Gasteiger partial charge >= 0.3 is 5.69 Å². The van der Waals surface area contributed by atoms with Crippen LogP contribution in [0.2, 0.25) is 0 Å². The highest BCUT2D eigenvalue weighted by molar-refractivity contribution is 7.71. The summed E-state index contributed by atoms with van der Waals surface area (Å²) < 4.78 is 3.71. The van der Waals surface area contributed by atoms with Crippen molar-refractivity contribution in [2.24, 2.45) is 0 Å². The second-order valence-corrected chi connectivity index (χ2v) is 3.56. The maximum atomic E-state index is 12.0. The Labute approximate surface area is 91.4 Å². The first-order valence-corrected chi connectivity index (χ1v) is 5.28. The highest BCUT2D eigenvalue weighted by Gasteiger charge is 2.09. The summed E-state index contributed by atoms with van der Waals surface area (Å²) in [5.41, 5.74) is 1.30. The van der Waals surface area contributed by atoms with Crippen LogP contribution >= 0.6 is 12.2 Å². The molecule has 0 aliphatic heterocycles. The van der Waals surface area contributed by atoms with Crippen molar-refractivity contribution in [3.05, 3.63) is 21.5 Å². The number of hydrogen-bond acceptors (Lipinski definition) is 3. The van der Waals surface area contributed by atoms with Crippen LogP contribution in [-0.4, -0.2) is 19.1 Å². The summed E-state index contributed by atoms with van der Waals surface area (Å²) in [6.45, 7) is 4.99. The number of aromatic nitrogens is 4. The molecule has 5 nitrogen and oxygen atoms in total. The van der Waals surface area contributed by atoms with Gasteiger partial charge in [0.05, 0.1) is 6.33 Å². The SMILES string of the molecule is CCn1c(=S)c2[nH]cnc2n(CC)c1=O. The number of rotatable bonds is 2. The first-order valence-electron chi connectivity index (χ1n) is 4.87. The molecule has 0 aliphatic carbocycles. The van der Waals surface area contributed by atoms with Crippen LogP contribution in [0.4, 0.5) is 0 Å². The molecule has 0 atom stereocenters. The van der Waals surface area contributed by atoms with Gasteiger partial charge in [0.25, 0.3) is 0 Å². The minimum absolute atomic E-state index is 0.0930. The Kier molecular flexibility index (Phi) is 2.44. The summed E-state index contributed by atoms with van der Waals surface area (Å²) in [5.74, 6) is 0.